The van der Waals surface area contributed by atoms with E-state index in [9.17, 15) is 0 Å². The van der Waals surface area contributed by atoms with Crippen LogP contribution in [0.1, 0.15) is 51.2 Å². The van der Waals surface area contributed by atoms with E-state index >= 15 is 0 Å². The van der Waals surface area contributed by atoms with Crippen molar-refractivity contribution < 1.29 is 4.42 Å². The van der Waals surface area contributed by atoms with Gasteiger partial charge in [0, 0.05) is 23.2 Å². The molecular weight excluding hydrogens is 360 g/mol. The molecule has 2 unspecified atom stereocenters. The first-order chi connectivity index (χ1) is 13.8. The van der Waals surface area contributed by atoms with Crippen molar-refractivity contribution in [1.82, 2.24) is 10.6 Å². The predicted molar refractivity (Wildman–Crippen MR) is 120 cm³/mol. The summed E-state index contributed by atoms with van der Waals surface area (Å²) in [4.78, 5) is 0. The third-order valence-electron chi connectivity index (χ3n) is 4.74. The molecule has 0 aliphatic carbocycles. The zero-order valence-electron chi connectivity index (χ0n) is 17.6. The van der Waals surface area contributed by atoms with Gasteiger partial charge in [-0.2, -0.15) is 0 Å². The van der Waals surface area contributed by atoms with Crippen LogP contribution in [0.3, 0.4) is 0 Å². The second-order valence-electron chi connectivity index (χ2n) is 8.01. The lowest BCUT2D eigenvalue weighted by Gasteiger charge is -2.17. The molecule has 154 valence electrons. The average molecular weight is 393 g/mol. The molecule has 0 bridgehead atoms. The number of nitrogens with one attached hydrogen (secondary N) is 2. The van der Waals surface area contributed by atoms with Gasteiger partial charge < -0.3 is 15.9 Å². The monoisotopic (exact) mass is 392 g/mol. The third kappa shape index (κ3) is 5.55. The Labute approximate surface area is 173 Å². The molecule has 1 heterocycles. The first-order valence-corrected chi connectivity index (χ1v) is 10.2. The Morgan fingerprint density at radius 3 is 1.24 bits per heavy atom. The fourth-order valence-corrected chi connectivity index (χ4v) is 3.27. The third-order valence-corrected chi connectivity index (χ3v) is 4.74. The lowest BCUT2D eigenvalue weighted by Crippen LogP contribution is -2.33. The minimum atomic E-state index is -0.175. The molecule has 0 amide bonds. The van der Waals surface area contributed by atoms with Crippen molar-refractivity contribution >= 4 is 0 Å². The maximum atomic E-state index is 6.18. The first-order valence-electron chi connectivity index (χ1n) is 10.2. The van der Waals surface area contributed by atoms with E-state index in [1.807, 2.05) is 60.7 Å². The zero-order chi connectivity index (χ0) is 21.0. The van der Waals surface area contributed by atoms with Gasteiger partial charge in [-0.1, -0.05) is 48.5 Å². The highest BCUT2D eigenvalue weighted by Crippen LogP contribution is 2.29. The van der Waals surface area contributed by atoms with Gasteiger partial charge in [-0.05, 0) is 51.0 Å². The predicted octanol–water partition coefficient (Wildman–Crippen LogP) is 4.52. The SMILES string of the molecule is CC(C)NC(N)c1ccc(-c2ccc(-c3ccc(C(N)NC(C)C)cc3)o2)cc1. The standard InChI is InChI=1S/C24H32N4O/c1-15(2)27-23(25)19-9-5-17(6-10-19)21-13-14-22(29-21)18-7-11-20(12-8-18)24(26)28-16(3)4/h5-16,23-24,27-28H,25-26H2,1-4H3. The van der Waals surface area contributed by atoms with Crippen molar-refractivity contribution in [2.75, 3.05) is 0 Å². The minimum absolute atomic E-state index is 0.175. The van der Waals surface area contributed by atoms with Crippen molar-refractivity contribution in [3.05, 3.63) is 71.8 Å². The van der Waals surface area contributed by atoms with Gasteiger partial charge in [-0.3, -0.25) is 10.6 Å². The molecule has 0 fully saturated rings. The fraction of sp³-hybridized carbons (Fsp3) is 0.333. The van der Waals surface area contributed by atoms with E-state index in [4.69, 9.17) is 15.9 Å². The summed E-state index contributed by atoms with van der Waals surface area (Å²) < 4.78 is 6.09. The van der Waals surface area contributed by atoms with E-state index in [0.29, 0.717) is 12.1 Å². The summed E-state index contributed by atoms with van der Waals surface area (Å²) in [5.74, 6) is 1.67. The zero-order valence-corrected chi connectivity index (χ0v) is 17.6. The van der Waals surface area contributed by atoms with Crippen LogP contribution in [0.5, 0.6) is 0 Å². The Morgan fingerprint density at radius 1 is 0.586 bits per heavy atom. The van der Waals surface area contributed by atoms with Crippen LogP contribution in [0.25, 0.3) is 22.6 Å². The van der Waals surface area contributed by atoms with Crippen LogP contribution in [0.4, 0.5) is 0 Å². The summed E-state index contributed by atoms with van der Waals surface area (Å²) >= 11 is 0. The van der Waals surface area contributed by atoms with Crippen LogP contribution in [0.2, 0.25) is 0 Å². The highest BCUT2D eigenvalue weighted by Gasteiger charge is 2.11. The van der Waals surface area contributed by atoms with Gasteiger partial charge in [-0.15, -0.1) is 0 Å². The average Bonchev–Trinajstić information content (AvgIpc) is 3.17. The van der Waals surface area contributed by atoms with Gasteiger partial charge in [0.25, 0.3) is 0 Å². The molecule has 0 saturated heterocycles. The number of nitrogens with two attached hydrogens (primary N) is 2. The maximum Gasteiger partial charge on any atom is 0.134 e. The van der Waals surface area contributed by atoms with Crippen LogP contribution in [0.15, 0.2) is 65.1 Å². The molecule has 0 spiro atoms. The normalized spacial score (nSPS) is 13.8. The molecule has 2 atom stereocenters. The molecule has 5 heteroatoms. The Balaban J connectivity index is 1.72. The molecule has 0 radical (unpaired) electrons. The molecule has 3 aromatic rings. The molecule has 0 aliphatic heterocycles. The Hall–Kier alpha value is -2.44. The summed E-state index contributed by atoms with van der Waals surface area (Å²) in [5.41, 5.74) is 16.5. The van der Waals surface area contributed by atoms with Gasteiger partial charge >= 0.3 is 0 Å². The van der Waals surface area contributed by atoms with Crippen molar-refractivity contribution in [1.29, 1.82) is 0 Å². The largest absolute Gasteiger partial charge is 0.456 e. The quantitative estimate of drug-likeness (QED) is 0.423. The summed E-state index contributed by atoms with van der Waals surface area (Å²) in [6.45, 7) is 8.33. The lowest BCUT2D eigenvalue weighted by atomic mass is 10.1. The van der Waals surface area contributed by atoms with Crippen molar-refractivity contribution in [2.24, 2.45) is 11.5 Å². The lowest BCUT2D eigenvalue weighted by molar-refractivity contribution is 0.489. The smallest absolute Gasteiger partial charge is 0.134 e. The van der Waals surface area contributed by atoms with Gasteiger partial charge in [0.2, 0.25) is 0 Å². The molecular formula is C24H32N4O. The van der Waals surface area contributed by atoms with Crippen LogP contribution in [-0.2, 0) is 0 Å². The second kappa shape index (κ2) is 9.37. The minimum Gasteiger partial charge on any atom is -0.456 e. The van der Waals surface area contributed by atoms with E-state index in [0.717, 1.165) is 33.8 Å². The van der Waals surface area contributed by atoms with Crippen molar-refractivity contribution in [2.45, 2.75) is 52.1 Å². The topological polar surface area (TPSA) is 89.2 Å². The van der Waals surface area contributed by atoms with Gasteiger partial charge in [-0.25, -0.2) is 0 Å². The van der Waals surface area contributed by atoms with E-state index in [2.05, 4.69) is 38.3 Å². The van der Waals surface area contributed by atoms with E-state index < -0.39 is 0 Å². The van der Waals surface area contributed by atoms with E-state index in [1.165, 1.54) is 0 Å². The Morgan fingerprint density at radius 2 is 0.931 bits per heavy atom. The number of benzene rings is 2. The highest BCUT2D eigenvalue weighted by molar-refractivity contribution is 5.65. The molecule has 3 rings (SSSR count). The number of furan rings is 1. The van der Waals surface area contributed by atoms with Crippen molar-refractivity contribution in [3.8, 4) is 22.6 Å². The molecule has 0 saturated carbocycles. The van der Waals surface area contributed by atoms with Gasteiger partial charge in [0.1, 0.15) is 11.5 Å². The Kier molecular flexibility index (Phi) is 6.87. The number of rotatable bonds is 8. The first kappa shape index (κ1) is 21.3. The number of hydrogen-bond acceptors (Lipinski definition) is 5. The molecule has 1 aromatic heterocycles. The molecule has 6 N–H and O–H groups in total. The van der Waals surface area contributed by atoms with Gasteiger partial charge in [0.05, 0.1) is 12.3 Å². The molecule has 2 aromatic carbocycles. The summed E-state index contributed by atoms with van der Waals surface area (Å²) in [5, 5.41) is 6.61. The Bertz CT molecular complexity index is 823. The van der Waals surface area contributed by atoms with Crippen molar-refractivity contribution in [3.63, 3.8) is 0 Å². The van der Waals surface area contributed by atoms with Crippen LogP contribution >= 0.6 is 0 Å². The van der Waals surface area contributed by atoms with Crippen LogP contribution < -0.4 is 22.1 Å². The summed E-state index contributed by atoms with van der Waals surface area (Å²) in [7, 11) is 0. The highest BCUT2D eigenvalue weighted by atomic mass is 16.3. The van der Waals surface area contributed by atoms with E-state index in [1.54, 1.807) is 0 Å². The van der Waals surface area contributed by atoms with Crippen LogP contribution in [-0.4, -0.2) is 12.1 Å². The second-order valence-corrected chi connectivity index (χ2v) is 8.01. The maximum absolute atomic E-state index is 6.18. The van der Waals surface area contributed by atoms with Gasteiger partial charge in [0.15, 0.2) is 0 Å². The summed E-state index contributed by atoms with van der Waals surface area (Å²) in [6.07, 6.45) is -0.349. The van der Waals surface area contributed by atoms with E-state index in [-0.39, 0.29) is 12.3 Å². The molecule has 0 aliphatic rings. The fourth-order valence-electron chi connectivity index (χ4n) is 3.27. The molecule has 29 heavy (non-hydrogen) atoms. The van der Waals surface area contributed by atoms with Crippen LogP contribution in [0, 0.1) is 0 Å². The summed E-state index contributed by atoms with van der Waals surface area (Å²) in [6, 6.07) is 21.0. The number of hydrogen-bond donors (Lipinski definition) is 4. The molecule has 5 nitrogen and oxygen atoms in total.